The third-order valence-electron chi connectivity index (χ3n) is 6.58. The van der Waals surface area contributed by atoms with Crippen molar-refractivity contribution in [3.05, 3.63) is 90.0 Å². The Morgan fingerprint density at radius 2 is 1.69 bits per heavy atom. The minimum absolute atomic E-state index is 0.159. The summed E-state index contributed by atoms with van der Waals surface area (Å²) in [7, 11) is 0. The average Bonchev–Trinajstić information content (AvgIpc) is 3.38. The van der Waals surface area contributed by atoms with E-state index in [0.717, 1.165) is 44.7 Å². The summed E-state index contributed by atoms with van der Waals surface area (Å²) < 4.78 is 13.5. The van der Waals surface area contributed by atoms with Gasteiger partial charge in [-0.15, -0.1) is 0 Å². The van der Waals surface area contributed by atoms with E-state index in [4.69, 9.17) is 9.47 Å². The molecule has 1 atom stereocenters. The number of esters is 1. The lowest BCUT2D eigenvalue weighted by atomic mass is 9.95. The topological polar surface area (TPSA) is 73.7 Å². The van der Waals surface area contributed by atoms with Crippen molar-refractivity contribution in [2.45, 2.75) is 57.8 Å². The van der Waals surface area contributed by atoms with E-state index in [1.54, 1.807) is 0 Å². The van der Waals surface area contributed by atoms with Crippen molar-refractivity contribution < 1.29 is 19.1 Å². The van der Waals surface area contributed by atoms with Crippen LogP contribution in [-0.2, 0) is 32.2 Å². The van der Waals surface area contributed by atoms with Gasteiger partial charge in [0, 0.05) is 57.0 Å². The summed E-state index contributed by atoms with van der Waals surface area (Å²) in [5.41, 5.74) is 1.89. The zero-order valence-corrected chi connectivity index (χ0v) is 20.9. The highest BCUT2D eigenvalue weighted by Gasteiger charge is 2.32. The summed E-state index contributed by atoms with van der Waals surface area (Å²) >= 11 is 0. The van der Waals surface area contributed by atoms with Crippen LogP contribution in [0.15, 0.2) is 73.1 Å². The summed E-state index contributed by atoms with van der Waals surface area (Å²) in [4.78, 5) is 31.3. The van der Waals surface area contributed by atoms with Gasteiger partial charge in [-0.2, -0.15) is 0 Å². The number of piperidine rings is 1. The lowest BCUT2D eigenvalue weighted by Gasteiger charge is -2.34. The number of aromatic nitrogens is 2. The van der Waals surface area contributed by atoms with Gasteiger partial charge in [-0.3, -0.25) is 9.59 Å². The Kier molecular flexibility index (Phi) is 9.27. The highest BCUT2D eigenvalue weighted by molar-refractivity contribution is 5.84. The fourth-order valence-electron chi connectivity index (χ4n) is 4.70. The molecular weight excluding hydrogens is 454 g/mol. The summed E-state index contributed by atoms with van der Waals surface area (Å²) in [6, 6.07) is 19.4. The zero-order valence-electron chi connectivity index (χ0n) is 20.9. The molecule has 1 aliphatic heterocycles. The number of imidazole rings is 1. The number of aryl methyl sites for hydroxylation is 1. The first-order chi connectivity index (χ1) is 17.6. The maximum atomic E-state index is 13.2. The third-order valence-corrected chi connectivity index (χ3v) is 6.58. The smallest absolute Gasteiger partial charge is 0.303 e. The Hall–Kier alpha value is -3.45. The molecule has 3 aromatic rings. The van der Waals surface area contributed by atoms with E-state index in [1.165, 1.54) is 12.5 Å². The number of hydrogen-bond donors (Lipinski definition) is 0. The largest absolute Gasteiger partial charge is 0.447 e. The predicted molar refractivity (Wildman–Crippen MR) is 137 cm³/mol. The van der Waals surface area contributed by atoms with Crippen molar-refractivity contribution >= 4 is 11.9 Å². The van der Waals surface area contributed by atoms with Crippen LogP contribution >= 0.6 is 0 Å². The first-order valence-corrected chi connectivity index (χ1v) is 12.8. The number of carbonyl (C=O) groups excluding carboxylic acids is 2. The van der Waals surface area contributed by atoms with Crippen molar-refractivity contribution in [2.24, 2.45) is 0 Å². The van der Waals surface area contributed by atoms with Gasteiger partial charge in [0.05, 0.1) is 6.61 Å². The van der Waals surface area contributed by atoms with Gasteiger partial charge in [0.25, 0.3) is 5.91 Å². The summed E-state index contributed by atoms with van der Waals surface area (Å²) in [5.74, 6) is 0.780. The molecule has 1 fully saturated rings. The third kappa shape index (κ3) is 7.04. The van der Waals surface area contributed by atoms with Gasteiger partial charge in [0.15, 0.2) is 0 Å². The monoisotopic (exact) mass is 489 g/mol. The molecule has 0 bridgehead atoms. The van der Waals surface area contributed by atoms with Crippen LogP contribution in [-0.4, -0.2) is 46.0 Å². The quantitative estimate of drug-likeness (QED) is 0.283. The van der Waals surface area contributed by atoms with Crippen molar-refractivity contribution in [1.82, 2.24) is 14.5 Å². The van der Waals surface area contributed by atoms with Crippen molar-refractivity contribution in [3.8, 4) is 0 Å². The van der Waals surface area contributed by atoms with Gasteiger partial charge < -0.3 is 18.9 Å². The molecule has 0 aliphatic carbocycles. The number of benzene rings is 2. The molecule has 1 aliphatic rings. The van der Waals surface area contributed by atoms with E-state index in [1.807, 2.05) is 65.8 Å². The summed E-state index contributed by atoms with van der Waals surface area (Å²) in [5, 5.41) is 0. The molecule has 2 aromatic carbocycles. The standard InChI is InChI=1S/C29H35N3O4/c1-23(33)36-27(25-12-6-3-7-13-25)29(34)32-18-14-26(15-19-32)28-30-16-20-31(28)17-8-9-21-35-22-24-10-4-2-5-11-24/h2-7,10-13,16,20,26-27H,8-9,14-15,17-19,21-22H2,1H3. The summed E-state index contributed by atoms with van der Waals surface area (Å²) in [6.07, 6.45) is 6.71. The van der Waals surface area contributed by atoms with E-state index in [2.05, 4.69) is 21.7 Å². The summed E-state index contributed by atoms with van der Waals surface area (Å²) in [6.45, 7) is 4.88. The molecule has 7 heteroatoms. The van der Waals surface area contributed by atoms with E-state index < -0.39 is 12.1 Å². The molecule has 4 rings (SSSR count). The molecule has 1 aromatic heterocycles. The van der Waals surface area contributed by atoms with Crippen LogP contribution in [0.2, 0.25) is 0 Å². The maximum Gasteiger partial charge on any atom is 0.303 e. The second-order valence-electron chi connectivity index (χ2n) is 9.22. The number of likely N-dealkylation sites (tertiary alicyclic amines) is 1. The minimum Gasteiger partial charge on any atom is -0.447 e. The number of unbranched alkanes of at least 4 members (excludes halogenated alkanes) is 1. The van der Waals surface area contributed by atoms with E-state index in [0.29, 0.717) is 31.2 Å². The Morgan fingerprint density at radius 3 is 2.39 bits per heavy atom. The van der Waals surface area contributed by atoms with Crippen LogP contribution in [0.4, 0.5) is 0 Å². The van der Waals surface area contributed by atoms with Gasteiger partial charge in [0.1, 0.15) is 5.82 Å². The lowest BCUT2D eigenvalue weighted by molar-refractivity contribution is -0.159. The molecule has 1 saturated heterocycles. The average molecular weight is 490 g/mol. The normalized spacial score (nSPS) is 15.0. The van der Waals surface area contributed by atoms with E-state index >= 15 is 0 Å². The van der Waals surface area contributed by atoms with Crippen molar-refractivity contribution in [3.63, 3.8) is 0 Å². The molecule has 1 unspecified atom stereocenters. The molecule has 0 saturated carbocycles. The molecule has 36 heavy (non-hydrogen) atoms. The maximum absolute atomic E-state index is 13.2. The first-order valence-electron chi connectivity index (χ1n) is 12.8. The fraction of sp³-hybridized carbons (Fsp3) is 0.414. The van der Waals surface area contributed by atoms with Gasteiger partial charge in [0.2, 0.25) is 6.10 Å². The number of ether oxygens (including phenoxy) is 2. The van der Waals surface area contributed by atoms with Crippen LogP contribution in [0.25, 0.3) is 0 Å². The van der Waals surface area contributed by atoms with Crippen LogP contribution in [0, 0.1) is 0 Å². The van der Waals surface area contributed by atoms with Crippen LogP contribution in [0.1, 0.15) is 61.6 Å². The predicted octanol–water partition coefficient (Wildman–Crippen LogP) is 4.89. The lowest BCUT2D eigenvalue weighted by Crippen LogP contribution is -2.42. The SMILES string of the molecule is CC(=O)OC(C(=O)N1CCC(c2nccn2CCCCOCc2ccccc2)CC1)c1ccccc1. The van der Waals surface area contributed by atoms with Crippen molar-refractivity contribution in [1.29, 1.82) is 0 Å². The number of nitrogens with zero attached hydrogens (tertiary/aromatic N) is 3. The molecule has 190 valence electrons. The zero-order chi connectivity index (χ0) is 25.2. The second kappa shape index (κ2) is 13.0. The molecule has 0 N–H and O–H groups in total. The Bertz CT molecular complexity index is 1090. The number of amides is 1. The van der Waals surface area contributed by atoms with Crippen LogP contribution in [0.3, 0.4) is 0 Å². The van der Waals surface area contributed by atoms with Gasteiger partial charge in [-0.25, -0.2) is 4.98 Å². The second-order valence-corrected chi connectivity index (χ2v) is 9.22. The van der Waals surface area contributed by atoms with E-state index in [-0.39, 0.29) is 5.91 Å². The van der Waals surface area contributed by atoms with Crippen molar-refractivity contribution in [2.75, 3.05) is 19.7 Å². The number of hydrogen-bond acceptors (Lipinski definition) is 5. The molecule has 0 radical (unpaired) electrons. The van der Waals surface area contributed by atoms with E-state index in [9.17, 15) is 9.59 Å². The van der Waals surface area contributed by atoms with Crippen LogP contribution < -0.4 is 0 Å². The van der Waals surface area contributed by atoms with Gasteiger partial charge in [-0.1, -0.05) is 60.7 Å². The fourth-order valence-corrected chi connectivity index (χ4v) is 4.70. The molecule has 2 heterocycles. The Labute approximate surface area is 213 Å². The number of carbonyl (C=O) groups is 2. The van der Waals surface area contributed by atoms with Gasteiger partial charge >= 0.3 is 5.97 Å². The molecule has 1 amide bonds. The first kappa shape index (κ1) is 25.6. The molecular formula is C29H35N3O4. The van der Waals surface area contributed by atoms with Crippen LogP contribution in [0.5, 0.6) is 0 Å². The Balaban J connectivity index is 1.24. The minimum atomic E-state index is -0.897. The molecule has 7 nitrogen and oxygen atoms in total. The highest BCUT2D eigenvalue weighted by atomic mass is 16.5. The number of rotatable bonds is 11. The molecule has 0 spiro atoms. The highest BCUT2D eigenvalue weighted by Crippen LogP contribution is 2.30. The van der Waals surface area contributed by atoms with Gasteiger partial charge in [-0.05, 0) is 31.2 Å². The Morgan fingerprint density at radius 1 is 1.00 bits per heavy atom.